The minimum absolute atomic E-state index is 0.0210. The summed E-state index contributed by atoms with van der Waals surface area (Å²) >= 11 is 0. The van der Waals surface area contributed by atoms with E-state index >= 15 is 0 Å². The highest BCUT2D eigenvalue weighted by Gasteiger charge is 2.32. The SMILES string of the molecule is Cc1cccn2cc(C(=O)N3CCC(c4nc(N(C)C)ncc4-c4cccc(F)c4)C3)nc12. The predicted octanol–water partition coefficient (Wildman–Crippen LogP) is 3.93. The summed E-state index contributed by atoms with van der Waals surface area (Å²) in [6.07, 6.45) is 6.20. The number of rotatable bonds is 4. The second-order valence-corrected chi connectivity index (χ2v) is 8.66. The van der Waals surface area contributed by atoms with Crippen molar-refractivity contribution in [1.29, 1.82) is 0 Å². The fraction of sp³-hybridized carbons (Fsp3) is 0.280. The Kier molecular flexibility index (Phi) is 5.28. The third kappa shape index (κ3) is 3.92. The Morgan fingerprint density at radius 2 is 2.03 bits per heavy atom. The number of aryl methyl sites for hydroxylation is 1. The third-order valence-electron chi connectivity index (χ3n) is 6.10. The molecule has 1 amide bonds. The number of anilines is 1. The van der Waals surface area contributed by atoms with Crippen LogP contribution in [0, 0.1) is 12.7 Å². The lowest BCUT2D eigenvalue weighted by atomic mass is 9.96. The van der Waals surface area contributed by atoms with Crippen LogP contribution in [-0.4, -0.2) is 57.3 Å². The molecule has 1 aromatic carbocycles. The van der Waals surface area contributed by atoms with Gasteiger partial charge in [0.1, 0.15) is 17.2 Å². The van der Waals surface area contributed by atoms with Gasteiger partial charge in [0.15, 0.2) is 0 Å². The molecular formula is C25H25FN6O. The van der Waals surface area contributed by atoms with Gasteiger partial charge in [-0.15, -0.1) is 0 Å². The molecule has 1 aliphatic rings. The van der Waals surface area contributed by atoms with Gasteiger partial charge in [0.25, 0.3) is 5.91 Å². The normalized spacial score (nSPS) is 15.9. The lowest BCUT2D eigenvalue weighted by Crippen LogP contribution is -2.29. The third-order valence-corrected chi connectivity index (χ3v) is 6.10. The van der Waals surface area contributed by atoms with E-state index in [4.69, 9.17) is 4.98 Å². The van der Waals surface area contributed by atoms with E-state index < -0.39 is 0 Å². The van der Waals surface area contributed by atoms with Crippen LogP contribution in [0.15, 0.2) is 55.0 Å². The number of imidazole rings is 1. The zero-order valence-corrected chi connectivity index (χ0v) is 18.9. The van der Waals surface area contributed by atoms with Crippen molar-refractivity contribution < 1.29 is 9.18 Å². The van der Waals surface area contributed by atoms with Gasteiger partial charge in [-0.25, -0.2) is 19.3 Å². The lowest BCUT2D eigenvalue weighted by molar-refractivity contribution is 0.0785. The molecular weight excluding hydrogens is 419 g/mol. The molecule has 0 saturated carbocycles. The first kappa shape index (κ1) is 21.1. The monoisotopic (exact) mass is 444 g/mol. The molecule has 3 aromatic heterocycles. The van der Waals surface area contributed by atoms with Crippen LogP contribution in [-0.2, 0) is 0 Å². The van der Waals surface area contributed by atoms with Crippen LogP contribution < -0.4 is 4.90 Å². The molecule has 1 aliphatic heterocycles. The largest absolute Gasteiger partial charge is 0.347 e. The fourth-order valence-electron chi connectivity index (χ4n) is 4.38. The van der Waals surface area contributed by atoms with Crippen LogP contribution in [0.25, 0.3) is 16.8 Å². The summed E-state index contributed by atoms with van der Waals surface area (Å²) in [4.78, 5) is 30.7. The lowest BCUT2D eigenvalue weighted by Gasteiger charge is -2.19. The van der Waals surface area contributed by atoms with Crippen molar-refractivity contribution in [2.24, 2.45) is 0 Å². The van der Waals surface area contributed by atoms with Gasteiger partial charge in [-0.2, -0.15) is 0 Å². The minimum Gasteiger partial charge on any atom is -0.347 e. The van der Waals surface area contributed by atoms with Gasteiger partial charge < -0.3 is 14.2 Å². The van der Waals surface area contributed by atoms with Crippen molar-refractivity contribution >= 4 is 17.5 Å². The summed E-state index contributed by atoms with van der Waals surface area (Å²) < 4.78 is 15.8. The van der Waals surface area contributed by atoms with E-state index in [1.807, 2.05) is 59.6 Å². The average Bonchev–Trinajstić information content (AvgIpc) is 3.47. The molecule has 0 radical (unpaired) electrons. The van der Waals surface area contributed by atoms with E-state index in [0.717, 1.165) is 34.5 Å². The molecule has 1 fully saturated rings. The van der Waals surface area contributed by atoms with Crippen LogP contribution in [0.5, 0.6) is 0 Å². The fourth-order valence-corrected chi connectivity index (χ4v) is 4.38. The van der Waals surface area contributed by atoms with Crippen LogP contribution >= 0.6 is 0 Å². The van der Waals surface area contributed by atoms with Gasteiger partial charge in [-0.3, -0.25) is 4.79 Å². The van der Waals surface area contributed by atoms with Gasteiger partial charge in [0, 0.05) is 57.3 Å². The molecule has 8 heteroatoms. The molecule has 4 aromatic rings. The number of fused-ring (bicyclic) bond motifs is 1. The number of amides is 1. The molecule has 5 rings (SSSR count). The molecule has 1 saturated heterocycles. The number of carbonyl (C=O) groups is 1. The van der Waals surface area contributed by atoms with Crippen LogP contribution in [0.4, 0.5) is 10.3 Å². The molecule has 7 nitrogen and oxygen atoms in total. The van der Waals surface area contributed by atoms with Gasteiger partial charge >= 0.3 is 0 Å². The van der Waals surface area contributed by atoms with Crippen molar-refractivity contribution in [3.63, 3.8) is 0 Å². The van der Waals surface area contributed by atoms with E-state index in [1.165, 1.54) is 12.1 Å². The highest BCUT2D eigenvalue weighted by atomic mass is 19.1. The van der Waals surface area contributed by atoms with Crippen molar-refractivity contribution in [3.05, 3.63) is 77.8 Å². The van der Waals surface area contributed by atoms with Gasteiger partial charge in [0.05, 0.1) is 5.69 Å². The van der Waals surface area contributed by atoms with Gasteiger partial charge in [0.2, 0.25) is 5.95 Å². The molecule has 4 heterocycles. The molecule has 1 atom stereocenters. The number of aromatic nitrogens is 4. The van der Waals surface area contributed by atoms with Crippen LogP contribution in [0.3, 0.4) is 0 Å². The number of hydrogen-bond donors (Lipinski definition) is 0. The van der Waals surface area contributed by atoms with E-state index in [1.54, 1.807) is 18.5 Å². The van der Waals surface area contributed by atoms with Crippen molar-refractivity contribution in [1.82, 2.24) is 24.3 Å². The minimum atomic E-state index is -0.305. The van der Waals surface area contributed by atoms with E-state index in [-0.39, 0.29) is 17.6 Å². The topological polar surface area (TPSA) is 66.6 Å². The Labute approximate surface area is 191 Å². The van der Waals surface area contributed by atoms with E-state index in [0.29, 0.717) is 24.7 Å². The summed E-state index contributed by atoms with van der Waals surface area (Å²) in [5.74, 6) is 0.216. The Morgan fingerprint density at radius 1 is 1.18 bits per heavy atom. The molecule has 0 spiro atoms. The van der Waals surface area contributed by atoms with Crippen LogP contribution in [0.2, 0.25) is 0 Å². The Balaban J connectivity index is 1.46. The Morgan fingerprint density at radius 3 is 2.79 bits per heavy atom. The maximum Gasteiger partial charge on any atom is 0.274 e. The first-order valence-electron chi connectivity index (χ1n) is 10.9. The van der Waals surface area contributed by atoms with Gasteiger partial charge in [-0.1, -0.05) is 18.2 Å². The standard InChI is InChI=1S/C25H25FN6O/c1-16-6-5-10-31-15-21(28-23(16)31)24(33)32-11-9-18(14-32)22-20(13-27-25(29-22)30(2)3)17-7-4-8-19(26)12-17/h4-8,10,12-13,15,18H,9,11,14H2,1-3H3. The first-order chi connectivity index (χ1) is 15.9. The number of nitrogens with zero attached hydrogens (tertiary/aromatic N) is 6. The zero-order chi connectivity index (χ0) is 23.1. The Bertz CT molecular complexity index is 1350. The number of halogens is 1. The van der Waals surface area contributed by atoms with E-state index in [2.05, 4.69) is 9.97 Å². The molecule has 33 heavy (non-hydrogen) atoms. The maximum absolute atomic E-state index is 13.9. The molecule has 0 N–H and O–H groups in total. The number of benzene rings is 1. The smallest absolute Gasteiger partial charge is 0.274 e. The summed E-state index contributed by atoms with van der Waals surface area (Å²) in [6, 6.07) is 10.4. The van der Waals surface area contributed by atoms with Crippen LogP contribution in [0.1, 0.15) is 34.1 Å². The quantitative estimate of drug-likeness (QED) is 0.477. The first-order valence-corrected chi connectivity index (χ1v) is 10.9. The summed E-state index contributed by atoms with van der Waals surface area (Å²) in [7, 11) is 3.77. The second kappa shape index (κ2) is 8.27. The molecule has 1 unspecified atom stereocenters. The number of carbonyl (C=O) groups excluding carboxylic acids is 1. The number of pyridine rings is 1. The summed E-state index contributed by atoms with van der Waals surface area (Å²) in [5.41, 5.74) is 4.61. The molecule has 0 bridgehead atoms. The predicted molar refractivity (Wildman–Crippen MR) is 125 cm³/mol. The molecule has 168 valence electrons. The number of likely N-dealkylation sites (tertiary alicyclic amines) is 1. The summed E-state index contributed by atoms with van der Waals surface area (Å²) in [5, 5.41) is 0. The van der Waals surface area contributed by atoms with Crippen molar-refractivity contribution in [2.45, 2.75) is 19.3 Å². The average molecular weight is 445 g/mol. The zero-order valence-electron chi connectivity index (χ0n) is 18.9. The highest BCUT2D eigenvalue weighted by molar-refractivity contribution is 5.93. The Hall–Kier alpha value is -3.81. The van der Waals surface area contributed by atoms with Gasteiger partial charge in [-0.05, 0) is 42.7 Å². The highest BCUT2D eigenvalue weighted by Crippen LogP contribution is 2.34. The number of hydrogen-bond acceptors (Lipinski definition) is 5. The molecule has 0 aliphatic carbocycles. The van der Waals surface area contributed by atoms with Crippen molar-refractivity contribution in [2.75, 3.05) is 32.1 Å². The second-order valence-electron chi connectivity index (χ2n) is 8.66. The maximum atomic E-state index is 13.9. The van der Waals surface area contributed by atoms with Crippen molar-refractivity contribution in [3.8, 4) is 11.1 Å². The summed E-state index contributed by atoms with van der Waals surface area (Å²) in [6.45, 7) is 3.12. The van der Waals surface area contributed by atoms with E-state index in [9.17, 15) is 9.18 Å².